The number of carbonyl (C=O) groups is 1. The third kappa shape index (κ3) is 4.30. The maximum Gasteiger partial charge on any atom is 0.335 e. The molecule has 0 amide bonds. The molecule has 5 aromatic rings. The smallest absolute Gasteiger partial charge is 0.335 e. The Morgan fingerprint density at radius 2 is 1.64 bits per heavy atom. The third-order valence-electron chi connectivity index (χ3n) is 6.27. The van der Waals surface area contributed by atoms with E-state index in [2.05, 4.69) is 6.58 Å². The van der Waals surface area contributed by atoms with Gasteiger partial charge in [0.05, 0.1) is 11.1 Å². The lowest BCUT2D eigenvalue weighted by Gasteiger charge is -2.19. The summed E-state index contributed by atoms with van der Waals surface area (Å²) in [7, 11) is -3.98. The van der Waals surface area contributed by atoms with Crippen molar-refractivity contribution >= 4 is 49.3 Å². The van der Waals surface area contributed by atoms with Crippen molar-refractivity contribution in [1.29, 1.82) is 0 Å². The lowest BCUT2D eigenvalue weighted by Crippen LogP contribution is -2.22. The number of aromatic nitrogens is 1. The molecule has 1 N–H and O–H groups in total. The van der Waals surface area contributed by atoms with E-state index in [4.69, 9.17) is 11.6 Å². The van der Waals surface area contributed by atoms with E-state index in [-0.39, 0.29) is 12.0 Å². The number of hydrogen-bond donors (Lipinski definition) is 1. The molecule has 0 radical (unpaired) electrons. The van der Waals surface area contributed by atoms with Gasteiger partial charge in [0, 0.05) is 22.5 Å². The zero-order valence-electron chi connectivity index (χ0n) is 19.1. The molecule has 4 aromatic carbocycles. The van der Waals surface area contributed by atoms with Gasteiger partial charge in [0.2, 0.25) is 10.0 Å². The molecule has 0 saturated carbocycles. The van der Waals surface area contributed by atoms with Gasteiger partial charge in [-0.15, -0.1) is 6.58 Å². The highest BCUT2D eigenvalue weighted by atomic mass is 35.5. The number of carboxylic acids is 1. The van der Waals surface area contributed by atoms with Crippen LogP contribution in [-0.4, -0.2) is 23.5 Å². The van der Waals surface area contributed by atoms with E-state index < -0.39 is 21.2 Å². The zero-order chi connectivity index (χ0) is 25.4. The topological polar surface area (TPSA) is 76.4 Å². The molecule has 7 heteroatoms. The van der Waals surface area contributed by atoms with Gasteiger partial charge in [0.15, 0.2) is 0 Å². The quantitative estimate of drug-likeness (QED) is 0.241. The van der Waals surface area contributed by atoms with Crippen molar-refractivity contribution < 1.29 is 18.3 Å². The van der Waals surface area contributed by atoms with Crippen LogP contribution in [0, 0.1) is 0 Å². The highest BCUT2D eigenvalue weighted by Gasteiger charge is 2.30. The van der Waals surface area contributed by atoms with Gasteiger partial charge in [0.25, 0.3) is 0 Å². The molecule has 5 rings (SSSR count). The van der Waals surface area contributed by atoms with Crippen LogP contribution in [0.2, 0.25) is 5.02 Å². The number of halogens is 1. The standard InChI is InChI=1S/C29H22ClNO4S/c1-2-28(23-12-11-20-5-3-4-6-22(20)16-23)36(34,35)31-26(18-24-17-25(30)13-14-27(24)31)15-19-7-9-21(10-8-19)29(32)33/h2-14,16-18,28H,1,15H2,(H,32,33). The number of rotatable bonds is 7. The van der Waals surface area contributed by atoms with E-state index >= 15 is 0 Å². The molecule has 0 bridgehead atoms. The van der Waals surface area contributed by atoms with Gasteiger partial charge in [-0.2, -0.15) is 0 Å². The summed E-state index contributed by atoms with van der Waals surface area (Å²) in [6, 6.07) is 26.7. The molecule has 0 aliphatic rings. The van der Waals surface area contributed by atoms with Crippen molar-refractivity contribution in [1.82, 2.24) is 3.97 Å². The highest BCUT2D eigenvalue weighted by molar-refractivity contribution is 7.90. The predicted molar refractivity (Wildman–Crippen MR) is 144 cm³/mol. The van der Waals surface area contributed by atoms with Gasteiger partial charge in [-0.25, -0.2) is 17.2 Å². The maximum atomic E-state index is 14.2. The Hall–Kier alpha value is -3.87. The van der Waals surface area contributed by atoms with E-state index in [0.717, 1.165) is 16.3 Å². The fraction of sp³-hybridized carbons (Fsp3) is 0.0690. The summed E-state index contributed by atoms with van der Waals surface area (Å²) in [5.74, 6) is -1.02. The maximum absolute atomic E-state index is 14.2. The average Bonchev–Trinajstić information content (AvgIpc) is 3.22. The fourth-order valence-electron chi connectivity index (χ4n) is 4.54. The molecule has 1 aromatic heterocycles. The second-order valence-corrected chi connectivity index (χ2v) is 10.9. The van der Waals surface area contributed by atoms with Crippen LogP contribution >= 0.6 is 11.6 Å². The number of hydrogen-bond acceptors (Lipinski definition) is 3. The Kier molecular flexibility index (Phi) is 6.16. The minimum atomic E-state index is -3.98. The molecule has 180 valence electrons. The average molecular weight is 516 g/mol. The summed E-state index contributed by atoms with van der Waals surface area (Å²) >= 11 is 6.21. The zero-order valence-corrected chi connectivity index (χ0v) is 20.7. The van der Waals surface area contributed by atoms with Crippen molar-refractivity contribution in [2.24, 2.45) is 0 Å². The number of carboxylic acid groups (broad SMARTS) is 1. The molecule has 1 atom stereocenters. The van der Waals surface area contributed by atoms with Crippen molar-refractivity contribution in [2.75, 3.05) is 0 Å². The van der Waals surface area contributed by atoms with Crippen LogP contribution in [0.4, 0.5) is 0 Å². The molecule has 0 spiro atoms. The van der Waals surface area contributed by atoms with Gasteiger partial charge in [-0.3, -0.25) is 0 Å². The van der Waals surface area contributed by atoms with Crippen LogP contribution in [0.25, 0.3) is 21.7 Å². The van der Waals surface area contributed by atoms with Crippen LogP contribution < -0.4 is 0 Å². The molecule has 5 nitrogen and oxygen atoms in total. The van der Waals surface area contributed by atoms with Gasteiger partial charge in [-0.1, -0.05) is 66.2 Å². The Balaban J connectivity index is 1.65. The molecule has 0 aliphatic heterocycles. The van der Waals surface area contributed by atoms with Crippen molar-refractivity contribution in [2.45, 2.75) is 11.7 Å². The van der Waals surface area contributed by atoms with E-state index in [1.807, 2.05) is 48.5 Å². The first-order chi connectivity index (χ1) is 17.3. The molecule has 0 aliphatic carbocycles. The monoisotopic (exact) mass is 515 g/mol. The second-order valence-electron chi connectivity index (χ2n) is 8.59. The van der Waals surface area contributed by atoms with Crippen LogP contribution in [0.5, 0.6) is 0 Å². The lowest BCUT2D eigenvalue weighted by molar-refractivity contribution is 0.0697. The molecular formula is C29H22ClNO4S. The first kappa shape index (κ1) is 23.9. The van der Waals surface area contributed by atoms with Gasteiger partial charge in [0.1, 0.15) is 5.25 Å². The van der Waals surface area contributed by atoms with E-state index in [1.54, 1.807) is 30.3 Å². The first-order valence-electron chi connectivity index (χ1n) is 11.3. The van der Waals surface area contributed by atoms with E-state index in [0.29, 0.717) is 27.2 Å². The lowest BCUT2D eigenvalue weighted by atomic mass is 10.1. The molecule has 1 heterocycles. The second kappa shape index (κ2) is 9.30. The minimum Gasteiger partial charge on any atom is -0.478 e. The predicted octanol–water partition coefficient (Wildman–Crippen LogP) is 6.84. The largest absolute Gasteiger partial charge is 0.478 e. The Bertz CT molecular complexity index is 1740. The molecule has 0 saturated heterocycles. The number of fused-ring (bicyclic) bond motifs is 2. The summed E-state index contributed by atoms with van der Waals surface area (Å²) in [4.78, 5) is 11.2. The third-order valence-corrected chi connectivity index (χ3v) is 8.55. The molecule has 0 fully saturated rings. The summed E-state index contributed by atoms with van der Waals surface area (Å²) < 4.78 is 29.8. The van der Waals surface area contributed by atoms with Crippen molar-refractivity contribution in [3.63, 3.8) is 0 Å². The molecule has 1 unspecified atom stereocenters. The number of nitrogens with zero attached hydrogens (tertiary/aromatic N) is 1. The highest BCUT2D eigenvalue weighted by Crippen LogP contribution is 2.34. The summed E-state index contributed by atoms with van der Waals surface area (Å²) in [6.07, 6.45) is 1.74. The van der Waals surface area contributed by atoms with Gasteiger partial charge in [-0.05, 0) is 64.4 Å². The van der Waals surface area contributed by atoms with Gasteiger partial charge >= 0.3 is 5.97 Å². The van der Waals surface area contributed by atoms with Crippen molar-refractivity contribution in [3.05, 3.63) is 131 Å². The molecular weight excluding hydrogens is 494 g/mol. The van der Waals surface area contributed by atoms with Crippen molar-refractivity contribution in [3.8, 4) is 0 Å². The van der Waals surface area contributed by atoms with Gasteiger partial charge < -0.3 is 5.11 Å². The summed E-state index contributed by atoms with van der Waals surface area (Å²) in [5, 5.41) is 11.4. The first-order valence-corrected chi connectivity index (χ1v) is 13.1. The van der Waals surface area contributed by atoms with Crippen LogP contribution in [0.1, 0.15) is 32.4 Å². The normalized spacial score (nSPS) is 12.6. The Labute approximate surface area is 213 Å². The fourth-order valence-corrected chi connectivity index (χ4v) is 6.57. The van der Waals surface area contributed by atoms with Crippen LogP contribution in [0.15, 0.2) is 104 Å². The number of benzene rings is 4. The summed E-state index contributed by atoms with van der Waals surface area (Å²) in [6.45, 7) is 3.86. The van der Waals surface area contributed by atoms with Crippen LogP contribution in [-0.2, 0) is 16.4 Å². The van der Waals surface area contributed by atoms with Crippen LogP contribution in [0.3, 0.4) is 0 Å². The van der Waals surface area contributed by atoms with E-state index in [1.165, 1.54) is 22.2 Å². The molecule has 36 heavy (non-hydrogen) atoms. The SMILES string of the molecule is C=CC(c1ccc2ccccc2c1)S(=O)(=O)n1c(Cc2ccc(C(=O)O)cc2)cc2cc(Cl)ccc21. The minimum absolute atomic E-state index is 0.168. The number of aromatic carboxylic acids is 1. The summed E-state index contributed by atoms with van der Waals surface area (Å²) in [5.41, 5.74) is 2.64. The Morgan fingerprint density at radius 3 is 2.33 bits per heavy atom. The van der Waals surface area contributed by atoms with E-state index in [9.17, 15) is 18.3 Å². The Morgan fingerprint density at radius 1 is 0.917 bits per heavy atom.